The average Bonchev–Trinajstić information content (AvgIpc) is 2.26. The average molecular weight is 284 g/mol. The maximum absolute atomic E-state index is 10.2. The lowest BCUT2D eigenvalue weighted by Crippen LogP contribution is -2.51. The molecule has 0 spiro atoms. The molecule has 0 fully saturated rings. The molecule has 1 aromatic rings. The maximum Gasteiger partial charge on any atom is 0.191 e. The van der Waals surface area contributed by atoms with Gasteiger partial charge in [-0.25, -0.2) is 9.97 Å². The number of aromatic nitrogens is 2. The van der Waals surface area contributed by atoms with Crippen LogP contribution < -0.4 is 10.6 Å². The van der Waals surface area contributed by atoms with Crippen LogP contribution in [0, 0.1) is 0 Å². The van der Waals surface area contributed by atoms with Crippen molar-refractivity contribution in [2.24, 2.45) is 0 Å². The third-order valence-electron chi connectivity index (χ3n) is 3.22. The molecule has 0 atom stereocenters. The lowest BCUT2D eigenvalue weighted by molar-refractivity contribution is 0.0238. The van der Waals surface area contributed by atoms with Crippen LogP contribution in [0.4, 0.5) is 11.6 Å². The van der Waals surface area contributed by atoms with Gasteiger partial charge in [-0.2, -0.15) is 0 Å². The second-order valence-electron chi connectivity index (χ2n) is 5.46. The van der Waals surface area contributed by atoms with Crippen LogP contribution in [0.15, 0.2) is 11.2 Å². The molecule has 0 unspecified atom stereocenters. The van der Waals surface area contributed by atoms with Crippen LogP contribution in [0.3, 0.4) is 0 Å². The van der Waals surface area contributed by atoms with Gasteiger partial charge in [0.25, 0.3) is 0 Å². The molecular weight excluding hydrogens is 260 g/mol. The van der Waals surface area contributed by atoms with Crippen molar-refractivity contribution in [3.05, 3.63) is 6.07 Å². The molecule has 0 aliphatic rings. The lowest BCUT2D eigenvalue weighted by Gasteiger charge is -2.38. The second-order valence-corrected chi connectivity index (χ2v) is 6.24. The first kappa shape index (κ1) is 16.0. The van der Waals surface area contributed by atoms with E-state index in [4.69, 9.17) is 0 Å². The Bertz CT molecular complexity index is 429. The summed E-state index contributed by atoms with van der Waals surface area (Å²) >= 11 is 1.49. The Balaban J connectivity index is 3.03. The smallest absolute Gasteiger partial charge is 0.191 e. The van der Waals surface area contributed by atoms with Gasteiger partial charge in [0.2, 0.25) is 0 Å². The zero-order valence-corrected chi connectivity index (χ0v) is 13.4. The van der Waals surface area contributed by atoms with Gasteiger partial charge in [0.05, 0.1) is 11.1 Å². The van der Waals surface area contributed by atoms with Crippen molar-refractivity contribution in [3.63, 3.8) is 0 Å². The molecule has 5 nitrogen and oxygen atoms in total. The molecule has 1 aromatic heterocycles. The fraction of sp³-hybridized carbons (Fsp3) is 0.692. The molecule has 0 amide bonds. The van der Waals surface area contributed by atoms with E-state index in [0.29, 0.717) is 11.0 Å². The van der Waals surface area contributed by atoms with E-state index >= 15 is 0 Å². The van der Waals surface area contributed by atoms with Gasteiger partial charge in [0, 0.05) is 12.6 Å². The summed E-state index contributed by atoms with van der Waals surface area (Å²) in [5.74, 6) is 1.50. The van der Waals surface area contributed by atoms with Crippen LogP contribution in [-0.4, -0.2) is 39.0 Å². The van der Waals surface area contributed by atoms with E-state index < -0.39 is 11.1 Å². The molecule has 19 heavy (non-hydrogen) atoms. The highest BCUT2D eigenvalue weighted by atomic mass is 32.2. The zero-order valence-electron chi connectivity index (χ0n) is 12.5. The highest BCUT2D eigenvalue weighted by molar-refractivity contribution is 7.98. The van der Waals surface area contributed by atoms with Crippen molar-refractivity contribution in [1.82, 2.24) is 9.97 Å². The third-order valence-corrected chi connectivity index (χ3v) is 3.76. The Morgan fingerprint density at radius 3 is 2.26 bits per heavy atom. The summed E-state index contributed by atoms with van der Waals surface area (Å²) in [6.45, 7) is 10.3. The maximum atomic E-state index is 10.2. The summed E-state index contributed by atoms with van der Waals surface area (Å²) in [6, 6.07) is 1.86. The molecule has 0 aromatic carbocycles. The van der Waals surface area contributed by atoms with Crippen molar-refractivity contribution in [1.29, 1.82) is 0 Å². The topological polar surface area (TPSA) is 70.1 Å². The molecule has 0 saturated heterocycles. The number of hydrogen-bond acceptors (Lipinski definition) is 6. The molecular formula is C13H24N4OS. The number of nitrogens with one attached hydrogen (secondary N) is 2. The molecule has 6 heteroatoms. The highest BCUT2D eigenvalue weighted by Gasteiger charge is 2.35. The predicted octanol–water partition coefficient (Wildman–Crippen LogP) is 2.59. The monoisotopic (exact) mass is 284 g/mol. The Kier molecular flexibility index (Phi) is 5.04. The van der Waals surface area contributed by atoms with Gasteiger partial charge in [-0.05, 0) is 40.9 Å². The van der Waals surface area contributed by atoms with E-state index in [0.717, 1.165) is 12.4 Å². The minimum atomic E-state index is -0.865. The zero-order chi connectivity index (χ0) is 14.7. The van der Waals surface area contributed by atoms with Gasteiger partial charge < -0.3 is 15.7 Å². The van der Waals surface area contributed by atoms with Crippen LogP contribution in [0.5, 0.6) is 0 Å². The van der Waals surface area contributed by atoms with Crippen molar-refractivity contribution >= 4 is 23.4 Å². The Labute approximate surface area is 119 Å². The van der Waals surface area contributed by atoms with Gasteiger partial charge in [-0.15, -0.1) is 0 Å². The Hall–Kier alpha value is -1.01. The first-order valence-corrected chi connectivity index (χ1v) is 7.59. The second kappa shape index (κ2) is 5.96. The van der Waals surface area contributed by atoms with Crippen LogP contribution in [0.1, 0.15) is 34.6 Å². The molecule has 3 N–H and O–H groups in total. The summed E-state index contributed by atoms with van der Waals surface area (Å²) in [5.41, 5.74) is -1.36. The summed E-state index contributed by atoms with van der Waals surface area (Å²) in [4.78, 5) is 8.79. The number of aliphatic hydroxyl groups is 1. The summed E-state index contributed by atoms with van der Waals surface area (Å²) in [6.07, 6.45) is 1.94. The largest absolute Gasteiger partial charge is 0.388 e. The quantitative estimate of drug-likeness (QED) is 0.551. The minimum Gasteiger partial charge on any atom is -0.388 e. The van der Waals surface area contributed by atoms with Gasteiger partial charge in [-0.1, -0.05) is 11.8 Å². The number of rotatable bonds is 6. The van der Waals surface area contributed by atoms with E-state index in [1.807, 2.05) is 33.1 Å². The minimum absolute atomic E-state index is 0.499. The number of anilines is 2. The van der Waals surface area contributed by atoms with Gasteiger partial charge in [0.15, 0.2) is 5.16 Å². The van der Waals surface area contributed by atoms with Gasteiger partial charge in [0.1, 0.15) is 11.6 Å². The summed E-state index contributed by atoms with van der Waals surface area (Å²) < 4.78 is 0. The van der Waals surface area contributed by atoms with Crippen molar-refractivity contribution in [2.45, 2.75) is 50.9 Å². The summed E-state index contributed by atoms with van der Waals surface area (Å²) in [5, 5.41) is 17.3. The van der Waals surface area contributed by atoms with E-state index in [2.05, 4.69) is 20.6 Å². The normalized spacial score (nSPS) is 12.4. The standard InChI is InChI=1S/C13H24N4OS/c1-7-14-9-8-10(16-11(15-9)19-6)17-12(2,3)13(4,5)18/h8,18H,7H2,1-6H3,(H2,14,15,16,17). The Morgan fingerprint density at radius 2 is 1.79 bits per heavy atom. The molecule has 1 rings (SSSR count). The molecule has 0 radical (unpaired) electrons. The van der Waals surface area contributed by atoms with E-state index in [-0.39, 0.29) is 0 Å². The SMILES string of the molecule is CCNc1cc(NC(C)(C)C(C)(C)O)nc(SC)n1. The number of hydrogen-bond donors (Lipinski definition) is 3. The molecule has 0 aliphatic carbocycles. The molecule has 0 bridgehead atoms. The van der Waals surface area contributed by atoms with Crippen LogP contribution in [0.25, 0.3) is 0 Å². The van der Waals surface area contributed by atoms with Crippen molar-refractivity contribution in [2.75, 3.05) is 23.4 Å². The predicted molar refractivity (Wildman–Crippen MR) is 82.0 cm³/mol. The fourth-order valence-corrected chi connectivity index (χ4v) is 1.70. The molecule has 1 heterocycles. The highest BCUT2D eigenvalue weighted by Crippen LogP contribution is 2.26. The van der Waals surface area contributed by atoms with E-state index in [9.17, 15) is 5.11 Å². The van der Waals surface area contributed by atoms with Crippen molar-refractivity contribution in [3.8, 4) is 0 Å². The third kappa shape index (κ3) is 4.24. The van der Waals surface area contributed by atoms with Crippen LogP contribution in [-0.2, 0) is 0 Å². The van der Waals surface area contributed by atoms with Gasteiger partial charge in [-0.3, -0.25) is 0 Å². The first-order valence-electron chi connectivity index (χ1n) is 6.37. The molecule has 0 aliphatic heterocycles. The fourth-order valence-electron chi connectivity index (χ4n) is 1.33. The van der Waals surface area contributed by atoms with E-state index in [1.54, 1.807) is 13.8 Å². The van der Waals surface area contributed by atoms with Gasteiger partial charge >= 0.3 is 0 Å². The van der Waals surface area contributed by atoms with Crippen LogP contribution in [0.2, 0.25) is 0 Å². The molecule has 0 saturated carbocycles. The van der Waals surface area contributed by atoms with Crippen molar-refractivity contribution < 1.29 is 5.11 Å². The summed E-state index contributed by atoms with van der Waals surface area (Å²) in [7, 11) is 0. The van der Waals surface area contributed by atoms with Crippen LogP contribution >= 0.6 is 11.8 Å². The Morgan fingerprint density at radius 1 is 1.21 bits per heavy atom. The lowest BCUT2D eigenvalue weighted by atomic mass is 9.86. The number of thioether (sulfide) groups is 1. The number of nitrogens with zero attached hydrogens (tertiary/aromatic N) is 2. The van der Waals surface area contributed by atoms with E-state index in [1.165, 1.54) is 11.8 Å². The molecule has 108 valence electrons. The first-order chi connectivity index (χ1) is 8.69.